The van der Waals surface area contributed by atoms with Crippen molar-refractivity contribution >= 4 is 17.5 Å². The minimum atomic E-state index is -0.504. The minimum absolute atomic E-state index is 0.0559. The number of hydrogen-bond donors (Lipinski definition) is 3. The third-order valence-corrected chi connectivity index (χ3v) is 6.68. The van der Waals surface area contributed by atoms with Crippen LogP contribution in [0.4, 0.5) is 21.8 Å². The van der Waals surface area contributed by atoms with E-state index in [-0.39, 0.29) is 23.3 Å². The van der Waals surface area contributed by atoms with E-state index < -0.39 is 11.5 Å². The molecular weight excluding hydrogens is 441 g/mol. The highest BCUT2D eigenvalue weighted by Gasteiger charge is 2.43. The molecule has 0 spiro atoms. The van der Waals surface area contributed by atoms with Crippen molar-refractivity contribution in [3.63, 3.8) is 0 Å². The Bertz CT molecular complexity index is 1240. The first-order valence-electron chi connectivity index (χ1n) is 11.4. The van der Waals surface area contributed by atoms with Crippen LogP contribution in [0.3, 0.4) is 0 Å². The molecule has 2 saturated heterocycles. The molecule has 2 fully saturated rings. The SMILES string of the molecule is COc1ccc(Nc2ncc(F)c(N[C@@H]3C[C@H]4CCCN4C(C)(C)C3)n2)cc1-n1nn[nH]c1=O. The molecule has 3 aromatic rings. The van der Waals surface area contributed by atoms with Crippen LogP contribution in [-0.2, 0) is 0 Å². The standard InChI is InChI=1S/C22H28FN9O2/c1-22(2)11-14(9-15-5-4-8-31(15)22)25-19-16(23)12-24-20(27-19)26-13-6-7-18(34-3)17(10-13)32-21(33)28-29-30-32/h6-7,10,12,14-15H,4-5,8-9,11H2,1-3H3,(H,28,30,33)(H2,24,25,26,27)/t14-,15-/m1/s1. The highest BCUT2D eigenvalue weighted by atomic mass is 19.1. The van der Waals surface area contributed by atoms with Gasteiger partial charge in [-0.25, -0.2) is 19.3 Å². The maximum absolute atomic E-state index is 14.6. The Morgan fingerprint density at radius 2 is 2.18 bits per heavy atom. The van der Waals surface area contributed by atoms with E-state index in [9.17, 15) is 9.18 Å². The molecule has 3 N–H and O–H groups in total. The normalized spacial score (nSPS) is 21.8. The minimum Gasteiger partial charge on any atom is -0.494 e. The highest BCUT2D eigenvalue weighted by Crippen LogP contribution is 2.38. The average Bonchev–Trinajstić information content (AvgIpc) is 3.45. The van der Waals surface area contributed by atoms with Crippen molar-refractivity contribution in [1.29, 1.82) is 0 Å². The first-order valence-corrected chi connectivity index (χ1v) is 11.4. The van der Waals surface area contributed by atoms with E-state index in [0.29, 0.717) is 23.2 Å². The van der Waals surface area contributed by atoms with Crippen molar-refractivity contribution < 1.29 is 9.13 Å². The van der Waals surface area contributed by atoms with Gasteiger partial charge in [-0.2, -0.15) is 9.67 Å². The zero-order valence-corrected chi connectivity index (χ0v) is 19.4. The molecule has 11 nitrogen and oxygen atoms in total. The first kappa shape index (κ1) is 22.3. The fourth-order valence-electron chi connectivity index (χ4n) is 5.26. The first-order chi connectivity index (χ1) is 16.3. The number of halogens is 1. The molecule has 0 saturated carbocycles. The van der Waals surface area contributed by atoms with Crippen molar-refractivity contribution in [2.75, 3.05) is 24.3 Å². The van der Waals surface area contributed by atoms with Crippen LogP contribution in [0.1, 0.15) is 39.5 Å². The lowest BCUT2D eigenvalue weighted by Crippen LogP contribution is -2.55. The monoisotopic (exact) mass is 469 g/mol. The van der Waals surface area contributed by atoms with Crippen LogP contribution in [-0.4, -0.2) is 66.4 Å². The summed E-state index contributed by atoms with van der Waals surface area (Å²) in [6, 6.07) is 5.71. The Labute approximate surface area is 195 Å². The fraction of sp³-hybridized carbons (Fsp3) is 0.500. The Morgan fingerprint density at radius 3 is 2.94 bits per heavy atom. The van der Waals surface area contributed by atoms with Crippen LogP contribution in [0.5, 0.6) is 5.75 Å². The third-order valence-electron chi connectivity index (χ3n) is 6.68. The van der Waals surface area contributed by atoms with Gasteiger partial charge in [0.05, 0.1) is 13.3 Å². The van der Waals surface area contributed by atoms with E-state index in [1.807, 2.05) is 0 Å². The maximum Gasteiger partial charge on any atom is 0.365 e. The van der Waals surface area contributed by atoms with Gasteiger partial charge < -0.3 is 15.4 Å². The van der Waals surface area contributed by atoms with Gasteiger partial charge in [0.1, 0.15) is 11.4 Å². The lowest BCUT2D eigenvalue weighted by atomic mass is 9.84. The zero-order valence-electron chi connectivity index (χ0n) is 19.4. The molecule has 5 rings (SSSR count). The van der Waals surface area contributed by atoms with E-state index >= 15 is 0 Å². The number of anilines is 3. The average molecular weight is 470 g/mol. The van der Waals surface area contributed by atoms with Crippen LogP contribution in [0.2, 0.25) is 0 Å². The van der Waals surface area contributed by atoms with Gasteiger partial charge in [0.15, 0.2) is 11.6 Å². The molecule has 0 radical (unpaired) electrons. The molecule has 0 bridgehead atoms. The number of fused-ring (bicyclic) bond motifs is 1. The van der Waals surface area contributed by atoms with Gasteiger partial charge in [-0.05, 0) is 74.7 Å². The summed E-state index contributed by atoms with van der Waals surface area (Å²) in [4.78, 5) is 23.0. The quantitative estimate of drug-likeness (QED) is 0.499. The number of aromatic nitrogens is 6. The molecule has 180 valence electrons. The summed E-state index contributed by atoms with van der Waals surface area (Å²) in [6.07, 6.45) is 5.41. The molecule has 2 aromatic heterocycles. The van der Waals surface area contributed by atoms with E-state index in [0.717, 1.165) is 30.3 Å². The van der Waals surface area contributed by atoms with Crippen molar-refractivity contribution in [2.24, 2.45) is 0 Å². The topological polar surface area (TPSA) is 126 Å². The Kier molecular flexibility index (Phi) is 5.68. The number of nitrogens with one attached hydrogen (secondary N) is 3. The number of methoxy groups -OCH3 is 1. The molecule has 2 aliphatic heterocycles. The van der Waals surface area contributed by atoms with Gasteiger partial charge in [-0.15, -0.1) is 0 Å². The summed E-state index contributed by atoms with van der Waals surface area (Å²) in [6.45, 7) is 5.64. The number of rotatable bonds is 6. The number of aromatic amines is 1. The number of H-pyrrole nitrogens is 1. The Hall–Kier alpha value is -3.54. The van der Waals surface area contributed by atoms with E-state index in [1.165, 1.54) is 20.0 Å². The van der Waals surface area contributed by atoms with Gasteiger partial charge in [0.2, 0.25) is 5.95 Å². The summed E-state index contributed by atoms with van der Waals surface area (Å²) in [5.41, 5.74) is 0.512. The molecule has 2 aliphatic rings. The number of piperidine rings is 1. The largest absolute Gasteiger partial charge is 0.494 e. The molecule has 0 unspecified atom stereocenters. The van der Waals surface area contributed by atoms with Crippen molar-refractivity contribution in [3.8, 4) is 11.4 Å². The van der Waals surface area contributed by atoms with Gasteiger partial charge in [-0.1, -0.05) is 0 Å². The molecule has 12 heteroatoms. The van der Waals surface area contributed by atoms with Crippen molar-refractivity contribution in [3.05, 3.63) is 40.7 Å². The number of tetrazole rings is 1. The molecule has 0 amide bonds. The van der Waals surface area contributed by atoms with Crippen molar-refractivity contribution in [2.45, 2.75) is 57.2 Å². The van der Waals surface area contributed by atoms with E-state index in [2.05, 4.69) is 54.9 Å². The number of benzene rings is 1. The lowest BCUT2D eigenvalue weighted by Gasteiger charge is -2.47. The summed E-state index contributed by atoms with van der Waals surface area (Å²) in [5.74, 6) is 0.336. The van der Waals surface area contributed by atoms with Gasteiger partial charge in [0.25, 0.3) is 0 Å². The molecule has 1 aromatic carbocycles. The van der Waals surface area contributed by atoms with E-state index in [1.54, 1.807) is 18.2 Å². The smallest absolute Gasteiger partial charge is 0.365 e. The fourth-order valence-corrected chi connectivity index (χ4v) is 5.26. The maximum atomic E-state index is 14.6. The summed E-state index contributed by atoms with van der Waals surface area (Å²) >= 11 is 0. The second-order valence-electron chi connectivity index (χ2n) is 9.40. The van der Waals surface area contributed by atoms with Gasteiger partial charge in [0, 0.05) is 23.3 Å². The van der Waals surface area contributed by atoms with E-state index in [4.69, 9.17) is 4.74 Å². The number of nitrogens with zero attached hydrogens (tertiary/aromatic N) is 6. The second kappa shape index (κ2) is 8.67. The Morgan fingerprint density at radius 1 is 1.32 bits per heavy atom. The van der Waals surface area contributed by atoms with Gasteiger partial charge >= 0.3 is 5.69 Å². The lowest BCUT2D eigenvalue weighted by molar-refractivity contribution is 0.0500. The predicted octanol–water partition coefficient (Wildman–Crippen LogP) is 2.45. The second-order valence-corrected chi connectivity index (χ2v) is 9.40. The molecule has 2 atom stereocenters. The summed E-state index contributed by atoms with van der Waals surface area (Å²) in [5, 5.41) is 15.9. The molecular formula is C22H28FN9O2. The third kappa shape index (κ3) is 4.20. The van der Waals surface area contributed by atoms with Crippen LogP contribution in [0.15, 0.2) is 29.2 Å². The zero-order chi connectivity index (χ0) is 23.9. The highest BCUT2D eigenvalue weighted by molar-refractivity contribution is 5.62. The van der Waals surface area contributed by atoms with Gasteiger partial charge in [-0.3, -0.25) is 4.90 Å². The summed E-state index contributed by atoms with van der Waals surface area (Å²) in [7, 11) is 1.50. The molecule has 0 aliphatic carbocycles. The summed E-state index contributed by atoms with van der Waals surface area (Å²) < 4.78 is 21.0. The van der Waals surface area contributed by atoms with Crippen LogP contribution >= 0.6 is 0 Å². The Balaban J connectivity index is 1.36. The molecule has 34 heavy (non-hydrogen) atoms. The predicted molar refractivity (Wildman–Crippen MR) is 124 cm³/mol. The number of hydrogen-bond acceptors (Lipinski definition) is 9. The number of ether oxygens (including phenoxy) is 1. The molecule has 4 heterocycles. The van der Waals surface area contributed by atoms with Crippen LogP contribution < -0.4 is 21.1 Å². The van der Waals surface area contributed by atoms with Crippen LogP contribution in [0, 0.1) is 5.82 Å². The van der Waals surface area contributed by atoms with Crippen LogP contribution in [0.25, 0.3) is 5.69 Å². The van der Waals surface area contributed by atoms with Crippen molar-refractivity contribution in [1.82, 2.24) is 35.1 Å².